The fourth-order valence-electron chi connectivity index (χ4n) is 10.5. The summed E-state index contributed by atoms with van der Waals surface area (Å²) in [5.74, 6) is 0.553. The van der Waals surface area contributed by atoms with Crippen molar-refractivity contribution in [2.45, 2.75) is 25.7 Å². The first kappa shape index (κ1) is 40.7. The molecule has 2 aliphatic carbocycles. The minimum atomic E-state index is -0.273. The molecule has 2 heterocycles. The zero-order chi connectivity index (χ0) is 44.6. The summed E-state index contributed by atoms with van der Waals surface area (Å²) >= 11 is 0. The highest BCUT2D eigenvalue weighted by Crippen LogP contribution is 2.67. The van der Waals surface area contributed by atoms with Crippen LogP contribution in [0.4, 0.5) is 0 Å². The molecule has 9 aromatic rings. The summed E-state index contributed by atoms with van der Waals surface area (Å²) in [7, 11) is 0. The van der Waals surface area contributed by atoms with Crippen molar-refractivity contribution in [3.05, 3.63) is 258 Å². The molecular formula is C63H48N2O. The van der Waals surface area contributed by atoms with Crippen molar-refractivity contribution in [2.75, 3.05) is 0 Å². The van der Waals surface area contributed by atoms with Gasteiger partial charge in [-0.15, -0.1) is 0 Å². The van der Waals surface area contributed by atoms with Crippen molar-refractivity contribution >= 4 is 11.4 Å². The van der Waals surface area contributed by atoms with E-state index in [1.54, 1.807) is 0 Å². The first-order valence-electron chi connectivity index (χ1n) is 23.0. The summed E-state index contributed by atoms with van der Waals surface area (Å²) in [5, 5.41) is 0. The van der Waals surface area contributed by atoms with E-state index in [0.717, 1.165) is 68.1 Å². The summed E-state index contributed by atoms with van der Waals surface area (Å²) in [6.45, 7) is 4.56. The Labute approximate surface area is 387 Å². The standard InChI is InChI=1S/C63H48N2O/c1-3-53-54(43-20-8-4-9-21-43)28-16-29-55(53)47-36-48(59-33-17-31-57(64-59)45-24-12-6-13-25-45)38-50(37-47)62(66)51-39-49(60-34-18-32-58(65-60)46-26-14-7-15-27-46)40-52(41-51)63-35-19-30-56(61(63)42(63)2)44-22-10-5-11-23-44/h4-42,61H,3H2,1-2H3. The lowest BCUT2D eigenvalue weighted by molar-refractivity contribution is 0.103. The highest BCUT2D eigenvalue weighted by atomic mass is 16.1. The molecule has 316 valence electrons. The zero-order valence-electron chi connectivity index (χ0n) is 37.1. The van der Waals surface area contributed by atoms with Crippen molar-refractivity contribution < 1.29 is 4.79 Å². The molecular weight excluding hydrogens is 801 g/mol. The van der Waals surface area contributed by atoms with Crippen molar-refractivity contribution in [1.29, 1.82) is 0 Å². The van der Waals surface area contributed by atoms with E-state index in [2.05, 4.69) is 190 Å². The van der Waals surface area contributed by atoms with Crippen LogP contribution in [-0.4, -0.2) is 15.8 Å². The third-order valence-corrected chi connectivity index (χ3v) is 13.8. The van der Waals surface area contributed by atoms with Crippen molar-refractivity contribution in [2.24, 2.45) is 11.8 Å². The predicted molar refractivity (Wildman–Crippen MR) is 272 cm³/mol. The molecule has 1 fully saturated rings. The second-order valence-electron chi connectivity index (χ2n) is 17.6. The van der Waals surface area contributed by atoms with E-state index in [9.17, 15) is 0 Å². The van der Waals surface area contributed by atoms with Gasteiger partial charge in [0.15, 0.2) is 5.78 Å². The van der Waals surface area contributed by atoms with Gasteiger partial charge in [0.1, 0.15) is 0 Å². The maximum absolute atomic E-state index is 15.7. The maximum Gasteiger partial charge on any atom is 0.193 e. The molecule has 3 unspecified atom stereocenters. The molecule has 0 bridgehead atoms. The smallest absolute Gasteiger partial charge is 0.193 e. The Hall–Kier alpha value is -8.01. The fraction of sp³-hybridized carbons (Fsp3) is 0.0952. The SMILES string of the molecule is CCc1c(-c2ccccc2)cccc1-c1cc(C(=O)c2cc(-c3cccc(-c4ccccc4)n3)cc(C34C=CC=C(c5ccccc5)C3C4C)c2)cc(-c2cccc(-c3ccccc3)n2)c1. The molecule has 0 radical (unpaired) electrons. The number of rotatable bonds is 11. The highest BCUT2D eigenvalue weighted by Gasteiger charge is 2.63. The minimum absolute atomic E-state index is 0.0447. The molecule has 0 saturated heterocycles. The van der Waals surface area contributed by atoms with Crippen molar-refractivity contribution in [3.63, 3.8) is 0 Å². The molecule has 0 aliphatic heterocycles. The van der Waals surface area contributed by atoms with Crippen LogP contribution in [0.1, 0.15) is 46.5 Å². The molecule has 11 rings (SSSR count). The molecule has 2 aromatic heterocycles. The largest absolute Gasteiger partial charge is 0.289 e. The van der Waals surface area contributed by atoms with E-state index in [1.807, 2.05) is 54.6 Å². The predicted octanol–water partition coefficient (Wildman–Crippen LogP) is 15.4. The quantitative estimate of drug-likeness (QED) is 0.122. The van der Waals surface area contributed by atoms with E-state index in [-0.39, 0.29) is 17.1 Å². The van der Waals surface area contributed by atoms with E-state index >= 15 is 4.79 Å². The number of pyridine rings is 2. The van der Waals surface area contributed by atoms with Gasteiger partial charge in [-0.05, 0) is 118 Å². The van der Waals surface area contributed by atoms with Gasteiger partial charge >= 0.3 is 0 Å². The number of hydrogen-bond acceptors (Lipinski definition) is 3. The van der Waals surface area contributed by atoms with Gasteiger partial charge in [0, 0.05) is 44.7 Å². The topological polar surface area (TPSA) is 42.9 Å². The number of ketones is 1. The molecule has 3 nitrogen and oxygen atoms in total. The third kappa shape index (κ3) is 7.43. The molecule has 0 amide bonds. The van der Waals surface area contributed by atoms with Gasteiger partial charge in [-0.3, -0.25) is 4.79 Å². The summed E-state index contributed by atoms with van der Waals surface area (Å²) < 4.78 is 0. The molecule has 3 atom stereocenters. The van der Waals surface area contributed by atoms with Crippen molar-refractivity contribution in [1.82, 2.24) is 9.97 Å². The highest BCUT2D eigenvalue weighted by molar-refractivity contribution is 6.11. The Morgan fingerprint density at radius 1 is 0.470 bits per heavy atom. The van der Waals surface area contributed by atoms with Crippen LogP contribution in [0.2, 0.25) is 0 Å². The van der Waals surface area contributed by atoms with Gasteiger partial charge in [-0.1, -0.05) is 184 Å². The van der Waals surface area contributed by atoms with Crippen LogP contribution < -0.4 is 0 Å². The third-order valence-electron chi connectivity index (χ3n) is 13.8. The number of allylic oxidation sites excluding steroid dienone is 4. The molecule has 0 spiro atoms. The first-order chi connectivity index (χ1) is 32.5. The lowest BCUT2D eigenvalue weighted by Crippen LogP contribution is -2.13. The van der Waals surface area contributed by atoms with Crippen LogP contribution in [0, 0.1) is 11.8 Å². The normalized spacial score (nSPS) is 17.2. The minimum Gasteiger partial charge on any atom is -0.289 e. The summed E-state index contributed by atoms with van der Waals surface area (Å²) in [6, 6.07) is 73.5. The Morgan fingerprint density at radius 3 is 1.48 bits per heavy atom. The van der Waals surface area contributed by atoms with Crippen LogP contribution in [0.3, 0.4) is 0 Å². The van der Waals surface area contributed by atoms with Gasteiger partial charge in [0.2, 0.25) is 0 Å². The molecule has 0 N–H and O–H groups in total. The van der Waals surface area contributed by atoms with E-state index < -0.39 is 0 Å². The van der Waals surface area contributed by atoms with Crippen LogP contribution in [-0.2, 0) is 11.8 Å². The van der Waals surface area contributed by atoms with Crippen LogP contribution >= 0.6 is 0 Å². The lowest BCUT2D eigenvalue weighted by Gasteiger charge is -2.21. The summed E-state index contributed by atoms with van der Waals surface area (Å²) in [6.07, 6.45) is 7.68. The average molecular weight is 849 g/mol. The van der Waals surface area contributed by atoms with Crippen LogP contribution in [0.25, 0.3) is 72.9 Å². The van der Waals surface area contributed by atoms with E-state index in [1.165, 1.54) is 27.8 Å². The molecule has 66 heavy (non-hydrogen) atoms. The van der Waals surface area contributed by atoms with Gasteiger partial charge < -0.3 is 0 Å². The lowest BCUT2D eigenvalue weighted by atomic mass is 9.82. The van der Waals surface area contributed by atoms with Gasteiger partial charge in [-0.25, -0.2) is 9.97 Å². The van der Waals surface area contributed by atoms with Crippen LogP contribution in [0.15, 0.2) is 231 Å². The number of aromatic nitrogens is 2. The molecule has 2 aliphatic rings. The van der Waals surface area contributed by atoms with Gasteiger partial charge in [0.25, 0.3) is 0 Å². The Bertz CT molecular complexity index is 3320. The zero-order valence-corrected chi connectivity index (χ0v) is 37.1. The number of carbonyl (C=O) groups excluding carboxylic acids is 1. The number of fused-ring (bicyclic) bond motifs is 1. The molecule has 7 aromatic carbocycles. The van der Waals surface area contributed by atoms with Crippen molar-refractivity contribution in [3.8, 4) is 67.3 Å². The Kier molecular flexibility index (Phi) is 10.6. The summed E-state index contributed by atoms with van der Waals surface area (Å²) in [5.41, 5.74) is 17.6. The first-order valence-corrected chi connectivity index (χ1v) is 23.0. The van der Waals surface area contributed by atoms with Gasteiger partial charge in [0.05, 0.1) is 22.8 Å². The van der Waals surface area contributed by atoms with Crippen LogP contribution in [0.5, 0.6) is 0 Å². The molecule has 3 heteroatoms. The number of hydrogen-bond donors (Lipinski definition) is 0. The fourth-order valence-corrected chi connectivity index (χ4v) is 10.5. The second-order valence-corrected chi connectivity index (χ2v) is 17.6. The van der Waals surface area contributed by atoms with E-state index in [4.69, 9.17) is 9.97 Å². The summed E-state index contributed by atoms with van der Waals surface area (Å²) in [4.78, 5) is 26.1. The Balaban J connectivity index is 1.09. The monoisotopic (exact) mass is 848 g/mol. The maximum atomic E-state index is 15.7. The average Bonchev–Trinajstić information content (AvgIpc) is 4.03. The molecule has 1 saturated carbocycles. The van der Waals surface area contributed by atoms with Gasteiger partial charge in [-0.2, -0.15) is 0 Å². The number of carbonyl (C=O) groups is 1. The number of benzene rings is 7. The Morgan fingerprint density at radius 2 is 0.924 bits per heavy atom. The second kappa shape index (κ2) is 17.2. The number of nitrogens with zero attached hydrogens (tertiary/aromatic N) is 2. The van der Waals surface area contributed by atoms with E-state index in [0.29, 0.717) is 17.0 Å².